The molecule has 0 unspecified atom stereocenters. The third-order valence-electron chi connectivity index (χ3n) is 3.12. The van der Waals surface area contributed by atoms with Crippen LogP contribution in [0.2, 0.25) is 0 Å². The lowest BCUT2D eigenvalue weighted by Crippen LogP contribution is -2.27. The van der Waals surface area contributed by atoms with Gasteiger partial charge in [0.2, 0.25) is 0 Å². The number of nitrogens with one attached hydrogen (secondary N) is 1. The Kier molecular flexibility index (Phi) is 6.85. The maximum Gasteiger partial charge on any atom is 0.126 e. The van der Waals surface area contributed by atoms with E-state index in [0.29, 0.717) is 11.7 Å². The summed E-state index contributed by atoms with van der Waals surface area (Å²) in [6.07, 6.45) is 2.28. The lowest BCUT2D eigenvalue weighted by molar-refractivity contribution is 0.236. The van der Waals surface area contributed by atoms with Crippen molar-refractivity contribution < 1.29 is 9.13 Å². The minimum Gasteiger partial charge on any atom is -0.491 e. The van der Waals surface area contributed by atoms with Crippen LogP contribution in [0, 0.1) is 5.82 Å². The van der Waals surface area contributed by atoms with Crippen molar-refractivity contribution >= 4 is 0 Å². The molecule has 1 aliphatic rings. The Bertz CT molecular complexity index is 373. The van der Waals surface area contributed by atoms with Gasteiger partial charge in [0.25, 0.3) is 0 Å². The molecule has 1 heterocycles. The number of halogens is 1. The molecule has 0 amide bonds. The Morgan fingerprint density at radius 3 is 2.42 bits per heavy atom. The summed E-state index contributed by atoms with van der Waals surface area (Å²) in [5.41, 5.74) is 1.15. The topological polar surface area (TPSA) is 21.3 Å². The summed E-state index contributed by atoms with van der Waals surface area (Å²) in [7, 11) is 0. The van der Waals surface area contributed by atoms with Crippen LogP contribution in [0.1, 0.15) is 52.0 Å². The molecule has 0 radical (unpaired) electrons. The lowest BCUT2D eigenvalue weighted by atomic mass is 9.89. The maximum atomic E-state index is 13.3. The Morgan fingerprint density at radius 1 is 1.21 bits per heavy atom. The van der Waals surface area contributed by atoms with Gasteiger partial charge < -0.3 is 10.1 Å². The summed E-state index contributed by atoms with van der Waals surface area (Å²) in [4.78, 5) is 0. The van der Waals surface area contributed by atoms with E-state index in [9.17, 15) is 4.39 Å². The monoisotopic (exact) mass is 267 g/mol. The molecule has 3 heteroatoms. The normalized spacial score (nSPS) is 15.9. The van der Waals surface area contributed by atoms with Crippen molar-refractivity contribution in [2.75, 3.05) is 13.1 Å². The van der Waals surface area contributed by atoms with Gasteiger partial charge in [0, 0.05) is 6.07 Å². The molecular weight excluding hydrogens is 241 g/mol. The van der Waals surface area contributed by atoms with Crippen LogP contribution in [-0.2, 0) is 0 Å². The van der Waals surface area contributed by atoms with Gasteiger partial charge in [0.15, 0.2) is 0 Å². The molecule has 1 aromatic rings. The molecule has 2 rings (SSSR count). The second-order valence-electron chi connectivity index (χ2n) is 4.87. The summed E-state index contributed by atoms with van der Waals surface area (Å²) in [6, 6.07) is 4.92. The molecule has 2 nitrogen and oxygen atoms in total. The van der Waals surface area contributed by atoms with Crippen molar-refractivity contribution in [2.45, 2.75) is 52.6 Å². The summed E-state index contributed by atoms with van der Waals surface area (Å²) >= 11 is 0. The largest absolute Gasteiger partial charge is 0.491 e. The smallest absolute Gasteiger partial charge is 0.126 e. The number of hydrogen-bond donors (Lipinski definition) is 1. The van der Waals surface area contributed by atoms with Crippen LogP contribution in [0.25, 0.3) is 0 Å². The highest BCUT2D eigenvalue weighted by Crippen LogP contribution is 2.33. The minimum absolute atomic E-state index is 0.0808. The summed E-state index contributed by atoms with van der Waals surface area (Å²) < 4.78 is 19.0. The molecule has 0 aliphatic carbocycles. The summed E-state index contributed by atoms with van der Waals surface area (Å²) in [5, 5.41) is 3.34. The average Bonchev–Trinajstić information content (AvgIpc) is 2.41. The molecule has 0 atom stereocenters. The second-order valence-corrected chi connectivity index (χ2v) is 4.87. The molecule has 1 aromatic carbocycles. The molecule has 1 aliphatic heterocycles. The van der Waals surface area contributed by atoms with Crippen LogP contribution in [0.3, 0.4) is 0 Å². The fourth-order valence-electron chi connectivity index (χ4n) is 2.33. The zero-order chi connectivity index (χ0) is 14.3. The van der Waals surface area contributed by atoms with Gasteiger partial charge in [-0.05, 0) is 57.3 Å². The molecule has 0 saturated carbocycles. The van der Waals surface area contributed by atoms with E-state index < -0.39 is 0 Å². The Balaban J connectivity index is 0.000000861. The van der Waals surface area contributed by atoms with Crippen molar-refractivity contribution in [1.29, 1.82) is 0 Å². The van der Waals surface area contributed by atoms with Crippen LogP contribution in [0.5, 0.6) is 5.75 Å². The third kappa shape index (κ3) is 4.83. The van der Waals surface area contributed by atoms with E-state index in [-0.39, 0.29) is 11.9 Å². The molecular formula is C16H26FNO. The van der Waals surface area contributed by atoms with Gasteiger partial charge in [-0.1, -0.05) is 19.9 Å². The van der Waals surface area contributed by atoms with Crippen LogP contribution >= 0.6 is 0 Å². The van der Waals surface area contributed by atoms with E-state index in [2.05, 4.69) is 5.32 Å². The first-order chi connectivity index (χ1) is 9.16. The van der Waals surface area contributed by atoms with Gasteiger partial charge in [-0.3, -0.25) is 0 Å². The van der Waals surface area contributed by atoms with Gasteiger partial charge in [-0.2, -0.15) is 0 Å². The highest BCUT2D eigenvalue weighted by Gasteiger charge is 2.19. The van der Waals surface area contributed by atoms with Crippen molar-refractivity contribution in [2.24, 2.45) is 0 Å². The maximum absolute atomic E-state index is 13.3. The fraction of sp³-hybridized carbons (Fsp3) is 0.625. The van der Waals surface area contributed by atoms with E-state index in [0.717, 1.165) is 31.5 Å². The minimum atomic E-state index is -0.224. The van der Waals surface area contributed by atoms with Crippen molar-refractivity contribution in [3.63, 3.8) is 0 Å². The highest BCUT2D eigenvalue weighted by molar-refractivity contribution is 5.37. The molecule has 0 bridgehead atoms. The van der Waals surface area contributed by atoms with E-state index in [1.807, 2.05) is 33.8 Å². The SMILES string of the molecule is CC.CC(C)Oc1cc(F)ccc1C1CCNCC1. The number of ether oxygens (including phenoxy) is 1. The van der Waals surface area contributed by atoms with E-state index in [4.69, 9.17) is 4.74 Å². The first kappa shape index (κ1) is 16.0. The van der Waals surface area contributed by atoms with Gasteiger partial charge in [-0.25, -0.2) is 4.39 Å². The molecule has 0 aromatic heterocycles. The Morgan fingerprint density at radius 2 is 1.84 bits per heavy atom. The molecule has 0 spiro atoms. The van der Waals surface area contributed by atoms with Gasteiger partial charge in [0.1, 0.15) is 11.6 Å². The van der Waals surface area contributed by atoms with Crippen LogP contribution in [-0.4, -0.2) is 19.2 Å². The zero-order valence-corrected chi connectivity index (χ0v) is 12.5. The molecule has 1 N–H and O–H groups in total. The van der Waals surface area contributed by atoms with E-state index in [1.54, 1.807) is 0 Å². The second kappa shape index (κ2) is 8.16. The number of benzene rings is 1. The molecule has 19 heavy (non-hydrogen) atoms. The van der Waals surface area contributed by atoms with Gasteiger partial charge in [-0.15, -0.1) is 0 Å². The van der Waals surface area contributed by atoms with E-state index in [1.165, 1.54) is 12.1 Å². The van der Waals surface area contributed by atoms with Gasteiger partial charge in [0.05, 0.1) is 6.10 Å². The van der Waals surface area contributed by atoms with Crippen molar-refractivity contribution in [1.82, 2.24) is 5.32 Å². The van der Waals surface area contributed by atoms with Gasteiger partial charge >= 0.3 is 0 Å². The van der Waals surface area contributed by atoms with E-state index >= 15 is 0 Å². The Hall–Kier alpha value is -1.09. The highest BCUT2D eigenvalue weighted by atomic mass is 19.1. The zero-order valence-electron chi connectivity index (χ0n) is 12.5. The predicted molar refractivity (Wildman–Crippen MR) is 78.4 cm³/mol. The first-order valence-corrected chi connectivity index (χ1v) is 7.33. The lowest BCUT2D eigenvalue weighted by Gasteiger charge is -2.25. The Labute approximate surface area is 116 Å². The first-order valence-electron chi connectivity index (χ1n) is 7.33. The third-order valence-corrected chi connectivity index (χ3v) is 3.12. The van der Waals surface area contributed by atoms with Crippen molar-refractivity contribution in [3.8, 4) is 5.75 Å². The van der Waals surface area contributed by atoms with Crippen LogP contribution in [0.4, 0.5) is 4.39 Å². The van der Waals surface area contributed by atoms with Crippen LogP contribution < -0.4 is 10.1 Å². The quantitative estimate of drug-likeness (QED) is 0.890. The van der Waals surface area contributed by atoms with Crippen LogP contribution in [0.15, 0.2) is 18.2 Å². The number of hydrogen-bond acceptors (Lipinski definition) is 2. The fourth-order valence-corrected chi connectivity index (χ4v) is 2.33. The molecule has 1 fully saturated rings. The average molecular weight is 267 g/mol. The summed E-state index contributed by atoms with van der Waals surface area (Å²) in [6.45, 7) is 10.0. The standard InChI is InChI=1S/C14H20FNO.C2H6/c1-10(2)17-14-9-12(15)3-4-13(14)11-5-7-16-8-6-11;1-2/h3-4,9-11,16H,5-8H2,1-2H3;1-2H3. The van der Waals surface area contributed by atoms with Crippen molar-refractivity contribution in [3.05, 3.63) is 29.6 Å². The summed E-state index contributed by atoms with van der Waals surface area (Å²) in [5.74, 6) is 0.982. The number of piperidine rings is 1. The molecule has 1 saturated heterocycles. The number of rotatable bonds is 3. The predicted octanol–water partition coefficient (Wildman–Crippen LogP) is 4.11. The molecule has 108 valence electrons.